The fourth-order valence-corrected chi connectivity index (χ4v) is 3.00. The first-order valence-corrected chi connectivity index (χ1v) is 8.82. The zero-order chi connectivity index (χ0) is 20.5. The molecule has 0 spiro atoms. The third-order valence-corrected chi connectivity index (χ3v) is 4.41. The van der Waals surface area contributed by atoms with Gasteiger partial charge in [0.15, 0.2) is 0 Å². The summed E-state index contributed by atoms with van der Waals surface area (Å²) in [6.07, 6.45) is 3.52. The number of rotatable bonds is 4. The van der Waals surface area contributed by atoms with Crippen LogP contribution in [-0.4, -0.2) is 41.7 Å². The molecule has 1 aromatic carbocycles. The number of benzene rings is 1. The second kappa shape index (κ2) is 7.15. The zero-order valence-corrected chi connectivity index (χ0v) is 16.0. The smallest absolute Gasteiger partial charge is 0.290 e. The predicted octanol–water partition coefficient (Wildman–Crippen LogP) is 1.22. The van der Waals surface area contributed by atoms with Crippen LogP contribution in [0.2, 0.25) is 0 Å². The molecule has 0 aliphatic heterocycles. The lowest BCUT2D eigenvalue weighted by Gasteiger charge is -2.04. The van der Waals surface area contributed by atoms with E-state index in [-0.39, 0.29) is 17.3 Å². The highest BCUT2D eigenvalue weighted by Crippen LogP contribution is 2.18. The van der Waals surface area contributed by atoms with Gasteiger partial charge < -0.3 is 4.57 Å². The van der Waals surface area contributed by atoms with E-state index in [1.807, 2.05) is 42.1 Å². The largest absolute Gasteiger partial charge is 0.350 e. The van der Waals surface area contributed by atoms with Crippen LogP contribution in [0.15, 0.2) is 46.4 Å². The van der Waals surface area contributed by atoms with Crippen molar-refractivity contribution >= 4 is 23.0 Å². The molecule has 0 unspecified atom stereocenters. The van der Waals surface area contributed by atoms with E-state index in [0.717, 1.165) is 16.5 Å². The Morgan fingerprint density at radius 3 is 2.83 bits per heavy atom. The summed E-state index contributed by atoms with van der Waals surface area (Å²) in [6, 6.07) is 9.48. The van der Waals surface area contributed by atoms with Gasteiger partial charge in [-0.2, -0.15) is 14.9 Å². The minimum atomic E-state index is -0.495. The van der Waals surface area contributed by atoms with Crippen LogP contribution in [0.25, 0.3) is 16.9 Å². The number of aromatic amines is 1. The van der Waals surface area contributed by atoms with Gasteiger partial charge in [0, 0.05) is 29.7 Å². The molecule has 10 heteroatoms. The van der Waals surface area contributed by atoms with Gasteiger partial charge in [-0.3, -0.25) is 14.6 Å². The third kappa shape index (κ3) is 3.43. The maximum absolute atomic E-state index is 12.6. The fourth-order valence-electron chi connectivity index (χ4n) is 3.00. The van der Waals surface area contributed by atoms with E-state index >= 15 is 0 Å². The highest BCUT2D eigenvalue weighted by Gasteiger charge is 2.17. The Morgan fingerprint density at radius 2 is 2.03 bits per heavy atom. The van der Waals surface area contributed by atoms with Crippen molar-refractivity contribution < 1.29 is 4.79 Å². The maximum atomic E-state index is 12.6. The molecule has 0 fully saturated rings. The molecule has 0 saturated heterocycles. The van der Waals surface area contributed by atoms with Crippen molar-refractivity contribution in [1.29, 1.82) is 0 Å². The molecule has 146 valence electrons. The van der Waals surface area contributed by atoms with E-state index in [1.54, 1.807) is 26.1 Å². The molecule has 0 atom stereocenters. The summed E-state index contributed by atoms with van der Waals surface area (Å²) in [5, 5.41) is 17.0. The summed E-state index contributed by atoms with van der Waals surface area (Å²) in [4.78, 5) is 27.0. The van der Waals surface area contributed by atoms with Crippen LogP contribution in [-0.2, 0) is 7.05 Å². The second-order valence-electron chi connectivity index (χ2n) is 6.56. The minimum absolute atomic E-state index is 0.0527. The Bertz CT molecular complexity index is 1310. The van der Waals surface area contributed by atoms with E-state index in [4.69, 9.17) is 0 Å². The predicted molar refractivity (Wildman–Crippen MR) is 107 cm³/mol. The first kappa shape index (κ1) is 18.3. The number of fused-ring (bicyclic) bond motifs is 1. The Kier molecular flexibility index (Phi) is 4.51. The van der Waals surface area contributed by atoms with Crippen LogP contribution >= 0.6 is 0 Å². The van der Waals surface area contributed by atoms with Gasteiger partial charge in [-0.25, -0.2) is 5.43 Å². The molecule has 0 bridgehead atoms. The number of para-hydroxylation sites is 1. The number of hydrogen-bond acceptors (Lipinski definition) is 6. The van der Waals surface area contributed by atoms with Gasteiger partial charge in [-0.15, -0.1) is 10.2 Å². The SMILES string of the molecule is Cc1cc(C(=O)N/N=C\c2cn(C)c3ccccc23)n(-c2nnc(C)c(=O)[nH]2)n1. The summed E-state index contributed by atoms with van der Waals surface area (Å²) >= 11 is 0. The van der Waals surface area contributed by atoms with Gasteiger partial charge in [0.2, 0.25) is 0 Å². The van der Waals surface area contributed by atoms with Crippen LogP contribution in [0.4, 0.5) is 0 Å². The molecular weight excluding hydrogens is 372 g/mol. The van der Waals surface area contributed by atoms with E-state index < -0.39 is 11.5 Å². The summed E-state index contributed by atoms with van der Waals surface area (Å²) in [5.74, 6) is -0.442. The van der Waals surface area contributed by atoms with Gasteiger partial charge in [0.25, 0.3) is 17.4 Å². The number of carbonyl (C=O) groups excluding carboxylic acids is 1. The molecule has 3 heterocycles. The topological polar surface area (TPSA) is 123 Å². The van der Waals surface area contributed by atoms with Crippen LogP contribution in [0, 0.1) is 13.8 Å². The number of amides is 1. The third-order valence-electron chi connectivity index (χ3n) is 4.41. The monoisotopic (exact) mass is 390 g/mol. The molecule has 29 heavy (non-hydrogen) atoms. The standard InChI is InChI=1S/C19H18N8O2/c1-11-8-16(27(25-11)19-21-17(28)12(2)22-24-19)18(29)23-20-9-13-10-26(3)15-7-5-4-6-14(13)15/h4-10H,1-3H3,(H,23,29)(H,21,24,28)/b20-9-. The van der Waals surface area contributed by atoms with Crippen molar-refractivity contribution in [3.05, 3.63) is 69.5 Å². The van der Waals surface area contributed by atoms with Gasteiger partial charge in [0.05, 0.1) is 11.9 Å². The lowest BCUT2D eigenvalue weighted by Crippen LogP contribution is -2.24. The van der Waals surface area contributed by atoms with Crippen molar-refractivity contribution in [2.75, 3.05) is 0 Å². The molecular formula is C19H18N8O2. The quantitative estimate of drug-likeness (QED) is 0.401. The zero-order valence-electron chi connectivity index (χ0n) is 16.0. The first-order chi connectivity index (χ1) is 13.9. The van der Waals surface area contributed by atoms with Crippen LogP contribution in [0.1, 0.15) is 27.4 Å². The average Bonchev–Trinajstić information content (AvgIpc) is 3.25. The first-order valence-electron chi connectivity index (χ1n) is 8.82. The molecule has 0 radical (unpaired) electrons. The summed E-state index contributed by atoms with van der Waals surface area (Å²) in [7, 11) is 1.95. The van der Waals surface area contributed by atoms with Gasteiger partial charge >= 0.3 is 0 Å². The number of nitrogens with one attached hydrogen (secondary N) is 2. The highest BCUT2D eigenvalue weighted by molar-refractivity contribution is 6.00. The number of hydrazone groups is 1. The van der Waals surface area contributed by atoms with Crippen LogP contribution in [0.5, 0.6) is 0 Å². The molecule has 1 amide bonds. The van der Waals surface area contributed by atoms with Gasteiger partial charge in [0.1, 0.15) is 11.4 Å². The Hall–Kier alpha value is -4.08. The Morgan fingerprint density at radius 1 is 1.24 bits per heavy atom. The van der Waals surface area contributed by atoms with Crippen LogP contribution < -0.4 is 11.0 Å². The lowest BCUT2D eigenvalue weighted by molar-refractivity contribution is 0.0947. The molecule has 0 saturated carbocycles. The summed E-state index contributed by atoms with van der Waals surface area (Å²) in [5.41, 5.74) is 5.01. The molecule has 4 rings (SSSR count). The second-order valence-corrected chi connectivity index (χ2v) is 6.56. The van der Waals surface area contributed by atoms with Gasteiger partial charge in [-0.05, 0) is 26.0 Å². The van der Waals surface area contributed by atoms with Crippen LogP contribution in [0.3, 0.4) is 0 Å². The van der Waals surface area contributed by atoms with E-state index in [9.17, 15) is 9.59 Å². The molecule has 4 aromatic rings. The van der Waals surface area contributed by atoms with Crippen molar-refractivity contribution in [3.63, 3.8) is 0 Å². The average molecular weight is 390 g/mol. The van der Waals surface area contributed by atoms with Gasteiger partial charge in [-0.1, -0.05) is 18.2 Å². The molecule has 2 N–H and O–H groups in total. The molecule has 10 nitrogen and oxygen atoms in total. The normalized spacial score (nSPS) is 11.4. The fraction of sp³-hybridized carbons (Fsp3) is 0.158. The molecule has 0 aliphatic carbocycles. The minimum Gasteiger partial charge on any atom is -0.350 e. The lowest BCUT2D eigenvalue weighted by atomic mass is 10.2. The summed E-state index contributed by atoms with van der Waals surface area (Å²) in [6.45, 7) is 3.27. The Balaban J connectivity index is 1.60. The maximum Gasteiger partial charge on any atom is 0.290 e. The molecule has 3 aromatic heterocycles. The van der Waals surface area contributed by atoms with E-state index in [0.29, 0.717) is 5.69 Å². The Labute approximate surface area is 164 Å². The molecule has 0 aliphatic rings. The van der Waals surface area contributed by atoms with Crippen molar-refractivity contribution in [3.8, 4) is 5.95 Å². The number of hydrogen-bond donors (Lipinski definition) is 2. The van der Waals surface area contributed by atoms with Crippen molar-refractivity contribution in [2.45, 2.75) is 13.8 Å². The van der Waals surface area contributed by atoms with E-state index in [1.165, 1.54) is 4.68 Å². The highest BCUT2D eigenvalue weighted by atomic mass is 16.2. The van der Waals surface area contributed by atoms with E-state index in [2.05, 4.69) is 30.8 Å². The number of aryl methyl sites for hydroxylation is 3. The number of carbonyl (C=O) groups is 1. The van der Waals surface area contributed by atoms with Crippen molar-refractivity contribution in [1.82, 2.24) is 35.0 Å². The number of H-pyrrole nitrogens is 1. The number of aromatic nitrogens is 6. The summed E-state index contributed by atoms with van der Waals surface area (Å²) < 4.78 is 3.22. The number of nitrogens with zero attached hydrogens (tertiary/aromatic N) is 6. The van der Waals surface area contributed by atoms with Crippen molar-refractivity contribution in [2.24, 2.45) is 12.1 Å².